The summed E-state index contributed by atoms with van der Waals surface area (Å²) in [6, 6.07) is 10.2. The van der Waals surface area contributed by atoms with Gasteiger partial charge in [0.2, 0.25) is 0 Å². The van der Waals surface area contributed by atoms with Gasteiger partial charge in [0.25, 0.3) is 0 Å². The van der Waals surface area contributed by atoms with Gasteiger partial charge >= 0.3 is 0 Å². The monoisotopic (exact) mass is 260 g/mol. The van der Waals surface area contributed by atoms with E-state index in [0.717, 1.165) is 31.7 Å². The number of likely N-dealkylation sites (tertiary alicyclic amines) is 1. The van der Waals surface area contributed by atoms with Crippen LogP contribution >= 0.6 is 0 Å². The van der Waals surface area contributed by atoms with Gasteiger partial charge in [-0.1, -0.05) is 44.2 Å². The molecule has 19 heavy (non-hydrogen) atoms. The lowest BCUT2D eigenvalue weighted by molar-refractivity contribution is 0.0939. The van der Waals surface area contributed by atoms with Crippen LogP contribution in [-0.2, 0) is 0 Å². The topological polar surface area (TPSA) is 23.6 Å². The summed E-state index contributed by atoms with van der Waals surface area (Å²) in [6.45, 7) is 9.24. The van der Waals surface area contributed by atoms with Crippen LogP contribution in [0.1, 0.15) is 30.6 Å². The molecule has 0 radical (unpaired) electrons. The van der Waals surface area contributed by atoms with Crippen molar-refractivity contribution in [3.63, 3.8) is 0 Å². The van der Waals surface area contributed by atoms with Crippen LogP contribution in [0.3, 0.4) is 0 Å². The van der Waals surface area contributed by atoms with E-state index in [4.69, 9.17) is 0 Å². The molecule has 0 N–H and O–H groups in total. The van der Waals surface area contributed by atoms with Crippen LogP contribution in [0.5, 0.6) is 0 Å². The lowest BCUT2D eigenvalue weighted by Crippen LogP contribution is -2.38. The van der Waals surface area contributed by atoms with Gasteiger partial charge in [-0.3, -0.25) is 14.6 Å². The second-order valence-electron chi connectivity index (χ2n) is 5.19. The van der Waals surface area contributed by atoms with Crippen molar-refractivity contribution in [2.24, 2.45) is 0 Å². The number of carbonyl (C=O) groups excluding carboxylic acids is 1. The standard InChI is InChI=1S/C16H24N2O/c1-3-18(4-2)15-10-11-17(12-15)13-16(19)14-8-6-5-7-9-14/h5-9,15H,3-4,10-13H2,1-2H3. The molecule has 2 rings (SSSR count). The number of hydrogen-bond donors (Lipinski definition) is 0. The third kappa shape index (κ3) is 3.64. The normalized spacial score (nSPS) is 20.1. The lowest BCUT2D eigenvalue weighted by Gasteiger charge is -2.26. The number of carbonyl (C=O) groups is 1. The summed E-state index contributed by atoms with van der Waals surface area (Å²) < 4.78 is 0. The first-order valence-electron chi connectivity index (χ1n) is 7.29. The number of hydrogen-bond acceptors (Lipinski definition) is 3. The Kier molecular flexibility index (Phi) is 5.11. The van der Waals surface area contributed by atoms with E-state index in [2.05, 4.69) is 23.6 Å². The molecule has 104 valence electrons. The Balaban J connectivity index is 1.87. The van der Waals surface area contributed by atoms with Crippen LogP contribution in [-0.4, -0.2) is 54.3 Å². The van der Waals surface area contributed by atoms with Gasteiger partial charge in [-0.15, -0.1) is 0 Å². The predicted molar refractivity (Wildman–Crippen MR) is 78.5 cm³/mol. The van der Waals surface area contributed by atoms with Gasteiger partial charge < -0.3 is 0 Å². The summed E-state index contributed by atoms with van der Waals surface area (Å²) in [5.74, 6) is 0.237. The molecule has 1 fully saturated rings. The third-order valence-corrected chi connectivity index (χ3v) is 4.04. The van der Waals surface area contributed by atoms with Gasteiger partial charge in [0.1, 0.15) is 0 Å². The second kappa shape index (κ2) is 6.83. The Morgan fingerprint density at radius 1 is 1.26 bits per heavy atom. The van der Waals surface area contributed by atoms with E-state index < -0.39 is 0 Å². The quantitative estimate of drug-likeness (QED) is 0.733. The number of likely N-dealkylation sites (N-methyl/N-ethyl adjacent to an activating group) is 1. The number of Topliss-reactive ketones (excluding diaryl/α,β-unsaturated/α-hetero) is 1. The van der Waals surface area contributed by atoms with Crippen molar-refractivity contribution in [2.75, 3.05) is 32.7 Å². The summed E-state index contributed by atoms with van der Waals surface area (Å²) in [6.07, 6.45) is 1.18. The zero-order valence-corrected chi connectivity index (χ0v) is 12.0. The third-order valence-electron chi connectivity index (χ3n) is 4.04. The van der Waals surface area contributed by atoms with Gasteiger partial charge in [-0.25, -0.2) is 0 Å². The van der Waals surface area contributed by atoms with Crippen LogP contribution in [0.25, 0.3) is 0 Å². The van der Waals surface area contributed by atoms with Gasteiger partial charge in [-0.05, 0) is 19.5 Å². The minimum atomic E-state index is 0.237. The predicted octanol–water partition coefficient (Wildman–Crippen LogP) is 2.29. The van der Waals surface area contributed by atoms with E-state index in [1.165, 1.54) is 6.42 Å². The van der Waals surface area contributed by atoms with Crippen molar-refractivity contribution in [2.45, 2.75) is 26.3 Å². The molecule has 3 heteroatoms. The van der Waals surface area contributed by atoms with Crippen LogP contribution in [0, 0.1) is 0 Å². The summed E-state index contributed by atoms with van der Waals surface area (Å²) in [4.78, 5) is 16.9. The molecule has 1 aromatic carbocycles. The smallest absolute Gasteiger partial charge is 0.176 e. The SMILES string of the molecule is CCN(CC)C1CCN(CC(=O)c2ccccc2)C1. The molecule has 1 atom stereocenters. The van der Waals surface area contributed by atoms with Crippen LogP contribution in [0.4, 0.5) is 0 Å². The minimum Gasteiger partial charge on any atom is -0.300 e. The van der Waals surface area contributed by atoms with E-state index in [9.17, 15) is 4.79 Å². The largest absolute Gasteiger partial charge is 0.300 e. The molecule has 0 aliphatic carbocycles. The maximum absolute atomic E-state index is 12.2. The van der Waals surface area contributed by atoms with E-state index in [-0.39, 0.29) is 5.78 Å². The van der Waals surface area contributed by atoms with E-state index >= 15 is 0 Å². The Bertz CT molecular complexity index is 400. The van der Waals surface area contributed by atoms with Crippen LogP contribution < -0.4 is 0 Å². The molecule has 0 amide bonds. The van der Waals surface area contributed by atoms with Gasteiger partial charge in [0.05, 0.1) is 6.54 Å². The zero-order chi connectivity index (χ0) is 13.7. The van der Waals surface area contributed by atoms with Gasteiger partial charge in [0, 0.05) is 24.7 Å². The maximum atomic E-state index is 12.2. The Labute approximate surface area is 116 Å². The van der Waals surface area contributed by atoms with E-state index in [1.54, 1.807) is 0 Å². The fourth-order valence-electron chi connectivity index (χ4n) is 2.91. The van der Waals surface area contributed by atoms with Gasteiger partial charge in [-0.2, -0.15) is 0 Å². The fraction of sp³-hybridized carbons (Fsp3) is 0.562. The highest BCUT2D eigenvalue weighted by atomic mass is 16.1. The number of benzene rings is 1. The number of ketones is 1. The molecular weight excluding hydrogens is 236 g/mol. The molecule has 3 nitrogen and oxygen atoms in total. The molecular formula is C16H24N2O. The zero-order valence-electron chi connectivity index (χ0n) is 12.0. The summed E-state index contributed by atoms with van der Waals surface area (Å²) in [7, 11) is 0. The van der Waals surface area contributed by atoms with Crippen molar-refractivity contribution in [3.8, 4) is 0 Å². The summed E-state index contributed by atoms with van der Waals surface area (Å²) >= 11 is 0. The maximum Gasteiger partial charge on any atom is 0.176 e. The minimum absolute atomic E-state index is 0.237. The Hall–Kier alpha value is -1.19. The van der Waals surface area contributed by atoms with E-state index in [1.807, 2.05) is 30.3 Å². The van der Waals surface area contributed by atoms with Crippen LogP contribution in [0.2, 0.25) is 0 Å². The van der Waals surface area contributed by atoms with E-state index in [0.29, 0.717) is 12.6 Å². The molecule has 1 aromatic rings. The molecule has 1 heterocycles. The highest BCUT2D eigenvalue weighted by molar-refractivity contribution is 5.97. The highest BCUT2D eigenvalue weighted by Crippen LogP contribution is 2.16. The van der Waals surface area contributed by atoms with Crippen molar-refractivity contribution in [1.82, 2.24) is 9.80 Å². The molecule has 0 bridgehead atoms. The fourth-order valence-corrected chi connectivity index (χ4v) is 2.91. The molecule has 0 spiro atoms. The average Bonchev–Trinajstić information content (AvgIpc) is 2.89. The molecule has 1 aliphatic rings. The molecule has 1 aliphatic heterocycles. The van der Waals surface area contributed by atoms with Crippen molar-refractivity contribution in [3.05, 3.63) is 35.9 Å². The first-order chi connectivity index (χ1) is 9.24. The van der Waals surface area contributed by atoms with Crippen molar-refractivity contribution in [1.29, 1.82) is 0 Å². The summed E-state index contributed by atoms with van der Waals surface area (Å²) in [5, 5.41) is 0. The summed E-state index contributed by atoms with van der Waals surface area (Å²) in [5.41, 5.74) is 0.828. The Morgan fingerprint density at radius 2 is 1.95 bits per heavy atom. The second-order valence-corrected chi connectivity index (χ2v) is 5.19. The van der Waals surface area contributed by atoms with Crippen LogP contribution in [0.15, 0.2) is 30.3 Å². The molecule has 0 saturated carbocycles. The average molecular weight is 260 g/mol. The first-order valence-corrected chi connectivity index (χ1v) is 7.29. The molecule has 0 aromatic heterocycles. The van der Waals surface area contributed by atoms with Gasteiger partial charge in [0.15, 0.2) is 5.78 Å². The first kappa shape index (κ1) is 14.2. The highest BCUT2D eigenvalue weighted by Gasteiger charge is 2.27. The molecule has 1 saturated heterocycles. The van der Waals surface area contributed by atoms with Crippen molar-refractivity contribution < 1.29 is 4.79 Å². The Morgan fingerprint density at radius 3 is 2.58 bits per heavy atom. The van der Waals surface area contributed by atoms with Crippen molar-refractivity contribution >= 4 is 5.78 Å². The number of nitrogens with zero attached hydrogens (tertiary/aromatic N) is 2. The number of rotatable bonds is 6. The molecule has 1 unspecified atom stereocenters. The lowest BCUT2D eigenvalue weighted by atomic mass is 10.1.